The van der Waals surface area contributed by atoms with Gasteiger partial charge in [0, 0.05) is 11.8 Å². The Balaban J connectivity index is 1.38. The van der Waals surface area contributed by atoms with Crippen LogP contribution in [-0.4, -0.2) is 42.5 Å². The molecule has 8 heteroatoms. The molecule has 1 unspecified atom stereocenters. The van der Waals surface area contributed by atoms with Crippen LogP contribution in [0.4, 0.5) is 14.9 Å². The number of ether oxygens (including phenoxy) is 2. The van der Waals surface area contributed by atoms with Gasteiger partial charge in [-0.1, -0.05) is 30.3 Å². The maximum Gasteiger partial charge on any atom is 0.414 e. The van der Waals surface area contributed by atoms with Gasteiger partial charge >= 0.3 is 12.1 Å². The molecule has 7 nitrogen and oxygen atoms in total. The van der Waals surface area contributed by atoms with Crippen molar-refractivity contribution in [1.29, 1.82) is 0 Å². The number of hydrogen-bond donors (Lipinski definition) is 2. The van der Waals surface area contributed by atoms with Crippen molar-refractivity contribution in [3.05, 3.63) is 71.7 Å². The zero-order chi connectivity index (χ0) is 21.8. The van der Waals surface area contributed by atoms with Crippen LogP contribution < -0.4 is 10.2 Å². The molecule has 0 radical (unpaired) electrons. The predicted molar refractivity (Wildman–Crippen MR) is 111 cm³/mol. The summed E-state index contributed by atoms with van der Waals surface area (Å²) in [7, 11) is 0. The summed E-state index contributed by atoms with van der Waals surface area (Å²) in [5.74, 6) is -0.822. The van der Waals surface area contributed by atoms with Crippen LogP contribution in [0.15, 0.2) is 54.7 Å². The maximum absolute atomic E-state index is 14.8. The molecule has 2 aliphatic rings. The number of benzene rings is 2. The molecule has 4 rings (SSSR count). The quantitative estimate of drug-likeness (QED) is 0.691. The molecular weight excluding hydrogens is 403 g/mol. The Labute approximate surface area is 179 Å². The van der Waals surface area contributed by atoms with Gasteiger partial charge in [0.15, 0.2) is 0 Å². The third-order valence-corrected chi connectivity index (χ3v) is 5.36. The Morgan fingerprint density at radius 2 is 2.06 bits per heavy atom. The summed E-state index contributed by atoms with van der Waals surface area (Å²) >= 11 is 0. The minimum Gasteiger partial charge on any atom is -0.459 e. The van der Waals surface area contributed by atoms with Gasteiger partial charge in [0.1, 0.15) is 24.6 Å². The average Bonchev–Trinajstić information content (AvgIpc) is 3.19. The van der Waals surface area contributed by atoms with E-state index in [-0.39, 0.29) is 25.7 Å². The van der Waals surface area contributed by atoms with Crippen LogP contribution in [0, 0.1) is 5.82 Å². The second kappa shape index (κ2) is 9.18. The number of aliphatic hydroxyl groups excluding tert-OH is 1. The third-order valence-electron chi connectivity index (χ3n) is 5.36. The van der Waals surface area contributed by atoms with Crippen molar-refractivity contribution in [2.24, 2.45) is 0 Å². The number of carbonyl (C=O) groups is 2. The van der Waals surface area contributed by atoms with Crippen LogP contribution in [0.3, 0.4) is 0 Å². The minimum atomic E-state index is -0.612. The van der Waals surface area contributed by atoms with E-state index in [9.17, 15) is 14.0 Å². The molecule has 31 heavy (non-hydrogen) atoms. The van der Waals surface area contributed by atoms with E-state index < -0.39 is 24.1 Å². The monoisotopic (exact) mass is 426 g/mol. The summed E-state index contributed by atoms with van der Waals surface area (Å²) in [6.45, 7) is 0.0992. The number of amides is 1. The van der Waals surface area contributed by atoms with Crippen LogP contribution in [0.25, 0.3) is 5.57 Å². The van der Waals surface area contributed by atoms with E-state index in [0.717, 1.165) is 11.1 Å². The van der Waals surface area contributed by atoms with E-state index in [0.29, 0.717) is 24.1 Å². The van der Waals surface area contributed by atoms with Crippen LogP contribution in [0.1, 0.15) is 24.0 Å². The number of hydrogen-bond acceptors (Lipinski definition) is 6. The number of cyclic esters (lactones) is 1. The van der Waals surface area contributed by atoms with Crippen molar-refractivity contribution in [2.75, 3.05) is 18.1 Å². The lowest BCUT2D eigenvalue weighted by Gasteiger charge is -2.23. The van der Waals surface area contributed by atoms with Crippen LogP contribution in [-0.2, 0) is 20.9 Å². The second-order valence-electron chi connectivity index (χ2n) is 7.48. The summed E-state index contributed by atoms with van der Waals surface area (Å²) in [6.07, 6.45) is 1.41. The molecule has 1 saturated heterocycles. The van der Waals surface area contributed by atoms with Crippen LogP contribution in [0.2, 0.25) is 0 Å². The Kier molecular flexibility index (Phi) is 6.18. The van der Waals surface area contributed by atoms with Gasteiger partial charge in [-0.05, 0) is 42.2 Å². The first-order valence-corrected chi connectivity index (χ1v) is 10.1. The third kappa shape index (κ3) is 4.69. The minimum absolute atomic E-state index is 0.172. The molecule has 162 valence electrons. The van der Waals surface area contributed by atoms with E-state index in [1.54, 1.807) is 18.3 Å². The van der Waals surface area contributed by atoms with Crippen molar-refractivity contribution in [2.45, 2.75) is 31.6 Å². The molecule has 0 saturated carbocycles. The predicted octanol–water partition coefficient (Wildman–Crippen LogP) is 2.98. The first-order chi connectivity index (χ1) is 15.0. The normalized spacial score (nSPS) is 20.6. The molecule has 2 aromatic rings. The highest BCUT2D eigenvalue weighted by Gasteiger charge is 2.32. The van der Waals surface area contributed by atoms with Crippen molar-refractivity contribution in [3.63, 3.8) is 0 Å². The Morgan fingerprint density at radius 3 is 2.71 bits per heavy atom. The van der Waals surface area contributed by atoms with Gasteiger partial charge in [0.2, 0.25) is 0 Å². The molecule has 1 amide bonds. The van der Waals surface area contributed by atoms with Gasteiger partial charge in [-0.15, -0.1) is 0 Å². The largest absolute Gasteiger partial charge is 0.459 e. The fraction of sp³-hybridized carbons (Fsp3) is 0.304. The van der Waals surface area contributed by atoms with E-state index in [2.05, 4.69) is 5.32 Å². The van der Waals surface area contributed by atoms with Gasteiger partial charge in [-0.25, -0.2) is 14.0 Å². The topological polar surface area (TPSA) is 88.1 Å². The molecule has 2 aliphatic heterocycles. The van der Waals surface area contributed by atoms with Gasteiger partial charge in [-0.2, -0.15) is 0 Å². The first-order valence-electron chi connectivity index (χ1n) is 10.1. The van der Waals surface area contributed by atoms with Gasteiger partial charge in [0.05, 0.1) is 18.8 Å². The van der Waals surface area contributed by atoms with Gasteiger partial charge < -0.3 is 19.9 Å². The number of rotatable bonds is 6. The van der Waals surface area contributed by atoms with Crippen LogP contribution in [0.5, 0.6) is 0 Å². The van der Waals surface area contributed by atoms with Crippen molar-refractivity contribution >= 4 is 23.3 Å². The molecule has 0 aliphatic carbocycles. The first kappa shape index (κ1) is 20.9. The Morgan fingerprint density at radius 1 is 1.26 bits per heavy atom. The summed E-state index contributed by atoms with van der Waals surface area (Å²) in [5.41, 5.74) is 2.41. The Bertz CT molecular complexity index is 995. The lowest BCUT2D eigenvalue weighted by molar-refractivity contribution is -0.147. The van der Waals surface area contributed by atoms with Crippen molar-refractivity contribution in [3.8, 4) is 0 Å². The summed E-state index contributed by atoms with van der Waals surface area (Å²) in [5, 5.41) is 12.1. The summed E-state index contributed by atoms with van der Waals surface area (Å²) in [4.78, 5) is 25.5. The van der Waals surface area contributed by atoms with E-state index >= 15 is 0 Å². The van der Waals surface area contributed by atoms with Gasteiger partial charge in [-0.3, -0.25) is 4.90 Å². The maximum atomic E-state index is 14.8. The zero-order valence-electron chi connectivity index (χ0n) is 16.8. The fourth-order valence-corrected chi connectivity index (χ4v) is 3.64. The zero-order valence-corrected chi connectivity index (χ0v) is 16.8. The fourth-order valence-electron chi connectivity index (χ4n) is 3.64. The molecule has 2 N–H and O–H groups in total. The number of carbonyl (C=O) groups excluding carboxylic acids is 2. The van der Waals surface area contributed by atoms with Crippen molar-refractivity contribution in [1.82, 2.24) is 5.32 Å². The number of esters is 1. The number of allylic oxidation sites excluding steroid dienone is 1. The molecule has 2 heterocycles. The number of anilines is 1. The van der Waals surface area contributed by atoms with E-state index in [1.165, 1.54) is 11.0 Å². The molecule has 0 aromatic heterocycles. The Hall–Kier alpha value is -3.39. The molecule has 2 atom stereocenters. The average molecular weight is 426 g/mol. The number of nitrogens with one attached hydrogen (secondary N) is 1. The summed E-state index contributed by atoms with van der Waals surface area (Å²) in [6, 6.07) is 13.5. The van der Waals surface area contributed by atoms with E-state index in [4.69, 9.17) is 14.6 Å². The lowest BCUT2D eigenvalue weighted by atomic mass is 9.95. The smallest absolute Gasteiger partial charge is 0.414 e. The molecule has 2 aromatic carbocycles. The summed E-state index contributed by atoms with van der Waals surface area (Å²) < 4.78 is 25.1. The highest BCUT2D eigenvalue weighted by atomic mass is 19.1. The molecule has 0 spiro atoms. The van der Waals surface area contributed by atoms with Gasteiger partial charge in [0.25, 0.3) is 0 Å². The second-order valence-corrected chi connectivity index (χ2v) is 7.48. The standard InChI is InChI=1S/C23H23FN2O5/c24-20-10-17(26-12-18(13-27)31-23(26)29)7-8-19(20)16-6-9-21(25-11-16)22(28)30-14-15-4-2-1-3-5-15/h1-5,7-8,10-11,18,21,25,27H,6,9,12-14H2/t18-,21?/m1/s1. The van der Waals surface area contributed by atoms with E-state index in [1.807, 2.05) is 30.3 Å². The van der Waals surface area contributed by atoms with Crippen LogP contribution >= 0.6 is 0 Å². The highest BCUT2D eigenvalue weighted by molar-refractivity contribution is 5.90. The van der Waals surface area contributed by atoms with Crippen molar-refractivity contribution < 1.29 is 28.6 Å². The number of nitrogens with zero attached hydrogens (tertiary/aromatic N) is 1. The lowest BCUT2D eigenvalue weighted by Crippen LogP contribution is -2.37. The number of aliphatic hydroxyl groups is 1. The molecule has 0 bridgehead atoms. The highest BCUT2D eigenvalue weighted by Crippen LogP contribution is 2.30. The number of halogens is 1. The molecular formula is C23H23FN2O5. The SMILES string of the molecule is O=C(OCc1ccccc1)C1CCC(c2ccc(N3C[C@H](CO)OC3=O)cc2F)=CN1. The molecule has 1 fully saturated rings.